The minimum Gasteiger partial charge on any atom is -0.370 e. The van der Waals surface area contributed by atoms with E-state index in [1.807, 2.05) is 0 Å². The first-order valence-corrected chi connectivity index (χ1v) is 6.76. The van der Waals surface area contributed by atoms with Crippen molar-refractivity contribution in [2.75, 3.05) is 13.1 Å². The lowest BCUT2D eigenvalue weighted by Crippen LogP contribution is -2.42. The summed E-state index contributed by atoms with van der Waals surface area (Å²) in [6, 6.07) is 8.34. The van der Waals surface area contributed by atoms with Gasteiger partial charge in [-0.3, -0.25) is 0 Å². The highest BCUT2D eigenvalue weighted by molar-refractivity contribution is 14.0. The number of guanidine groups is 1. The van der Waals surface area contributed by atoms with Crippen LogP contribution in [0, 0.1) is 12.8 Å². The van der Waals surface area contributed by atoms with Crippen LogP contribution < -0.4 is 5.73 Å². The van der Waals surface area contributed by atoms with E-state index in [-0.39, 0.29) is 24.0 Å². The van der Waals surface area contributed by atoms with Gasteiger partial charge in [-0.05, 0) is 36.8 Å². The third kappa shape index (κ3) is 4.67. The van der Waals surface area contributed by atoms with E-state index < -0.39 is 0 Å². The zero-order chi connectivity index (χ0) is 13.0. The standard InChI is InChI=1S/C15H23N3.HI/c1-12-7-9-18(10-8-12)15(16)17-11-14-6-4-3-5-13(14)2;/h3-6,12H,7-11H2,1-2H3,(H2,16,17);1H. The molecular formula is C15H24IN3. The number of aliphatic imine (C=N–C) groups is 1. The molecule has 1 aromatic carbocycles. The molecule has 3 nitrogen and oxygen atoms in total. The van der Waals surface area contributed by atoms with Crippen LogP contribution in [0.1, 0.15) is 30.9 Å². The zero-order valence-corrected chi connectivity index (χ0v) is 14.1. The Morgan fingerprint density at radius 2 is 1.95 bits per heavy atom. The van der Waals surface area contributed by atoms with E-state index in [4.69, 9.17) is 5.73 Å². The summed E-state index contributed by atoms with van der Waals surface area (Å²) in [5.41, 5.74) is 8.60. The van der Waals surface area contributed by atoms with Crippen LogP contribution in [0.5, 0.6) is 0 Å². The maximum atomic E-state index is 6.07. The van der Waals surface area contributed by atoms with Gasteiger partial charge in [-0.1, -0.05) is 31.2 Å². The van der Waals surface area contributed by atoms with Gasteiger partial charge in [-0.25, -0.2) is 4.99 Å². The molecule has 19 heavy (non-hydrogen) atoms. The number of halogens is 1. The Hall–Kier alpha value is -0.780. The molecule has 2 rings (SSSR count). The Labute approximate surface area is 133 Å². The average molecular weight is 373 g/mol. The Bertz CT molecular complexity index is 423. The van der Waals surface area contributed by atoms with E-state index >= 15 is 0 Å². The summed E-state index contributed by atoms with van der Waals surface area (Å²) in [6.07, 6.45) is 2.45. The molecule has 1 aliphatic rings. The number of aryl methyl sites for hydroxylation is 1. The van der Waals surface area contributed by atoms with Crippen LogP contribution in [0.3, 0.4) is 0 Å². The lowest BCUT2D eigenvalue weighted by molar-refractivity contribution is 0.277. The number of piperidine rings is 1. The molecule has 0 atom stereocenters. The molecule has 1 heterocycles. The van der Waals surface area contributed by atoms with Crippen molar-refractivity contribution in [2.45, 2.75) is 33.2 Å². The van der Waals surface area contributed by atoms with Gasteiger partial charge in [0.15, 0.2) is 5.96 Å². The molecule has 0 unspecified atom stereocenters. The molecule has 1 aliphatic heterocycles. The first-order valence-electron chi connectivity index (χ1n) is 6.76. The van der Waals surface area contributed by atoms with E-state index in [2.05, 4.69) is 48.0 Å². The largest absolute Gasteiger partial charge is 0.370 e. The second-order valence-corrected chi connectivity index (χ2v) is 5.27. The molecule has 0 aromatic heterocycles. The molecule has 4 heteroatoms. The van der Waals surface area contributed by atoms with Crippen molar-refractivity contribution in [1.82, 2.24) is 4.90 Å². The zero-order valence-electron chi connectivity index (χ0n) is 11.8. The summed E-state index contributed by atoms with van der Waals surface area (Å²) >= 11 is 0. The molecule has 2 N–H and O–H groups in total. The number of hydrogen-bond donors (Lipinski definition) is 1. The van der Waals surface area contributed by atoms with Gasteiger partial charge in [0, 0.05) is 13.1 Å². The molecule has 1 saturated heterocycles. The maximum absolute atomic E-state index is 6.07. The van der Waals surface area contributed by atoms with Gasteiger partial charge in [0.25, 0.3) is 0 Å². The molecule has 1 aromatic rings. The summed E-state index contributed by atoms with van der Waals surface area (Å²) in [4.78, 5) is 6.73. The van der Waals surface area contributed by atoms with E-state index in [1.54, 1.807) is 0 Å². The summed E-state index contributed by atoms with van der Waals surface area (Å²) in [5, 5.41) is 0. The van der Waals surface area contributed by atoms with Crippen LogP contribution in [-0.4, -0.2) is 23.9 Å². The molecule has 106 valence electrons. The summed E-state index contributed by atoms with van der Waals surface area (Å²) in [5.74, 6) is 1.52. The van der Waals surface area contributed by atoms with Crippen LogP contribution in [0.25, 0.3) is 0 Å². The predicted octanol–water partition coefficient (Wildman–Crippen LogP) is 3.16. The predicted molar refractivity (Wildman–Crippen MR) is 91.9 cm³/mol. The quantitative estimate of drug-likeness (QED) is 0.492. The molecule has 0 aliphatic carbocycles. The normalized spacial score (nSPS) is 17.2. The van der Waals surface area contributed by atoms with Crippen molar-refractivity contribution < 1.29 is 0 Å². The Morgan fingerprint density at radius 1 is 1.32 bits per heavy atom. The number of nitrogens with zero attached hydrogens (tertiary/aromatic N) is 2. The van der Waals surface area contributed by atoms with Gasteiger partial charge in [0.1, 0.15) is 0 Å². The maximum Gasteiger partial charge on any atom is 0.191 e. The summed E-state index contributed by atoms with van der Waals surface area (Å²) in [7, 11) is 0. The lowest BCUT2D eigenvalue weighted by Gasteiger charge is -2.31. The molecule has 0 spiro atoms. The highest BCUT2D eigenvalue weighted by atomic mass is 127. The monoisotopic (exact) mass is 373 g/mol. The molecule has 0 bridgehead atoms. The van der Waals surface area contributed by atoms with Gasteiger partial charge < -0.3 is 10.6 Å². The van der Waals surface area contributed by atoms with Crippen molar-refractivity contribution >= 4 is 29.9 Å². The second kappa shape index (κ2) is 7.72. The van der Waals surface area contributed by atoms with E-state index in [9.17, 15) is 0 Å². The number of likely N-dealkylation sites (tertiary alicyclic amines) is 1. The van der Waals surface area contributed by atoms with Crippen LogP contribution in [0.4, 0.5) is 0 Å². The molecule has 0 saturated carbocycles. The van der Waals surface area contributed by atoms with Crippen molar-refractivity contribution in [3.63, 3.8) is 0 Å². The number of hydrogen-bond acceptors (Lipinski definition) is 1. The third-order valence-corrected chi connectivity index (χ3v) is 3.78. The lowest BCUT2D eigenvalue weighted by atomic mass is 10.00. The molecule has 0 radical (unpaired) electrons. The Morgan fingerprint density at radius 3 is 2.58 bits per heavy atom. The first-order chi connectivity index (χ1) is 8.66. The summed E-state index contributed by atoms with van der Waals surface area (Å²) in [6.45, 7) is 7.20. The fourth-order valence-electron chi connectivity index (χ4n) is 2.29. The SMILES string of the molecule is Cc1ccccc1CN=C(N)N1CCC(C)CC1.I. The van der Waals surface area contributed by atoms with Gasteiger partial charge in [-0.2, -0.15) is 0 Å². The topological polar surface area (TPSA) is 41.6 Å². The second-order valence-electron chi connectivity index (χ2n) is 5.27. The molecule has 0 amide bonds. The molecular weight excluding hydrogens is 349 g/mol. The Kier molecular flexibility index (Phi) is 6.62. The first kappa shape index (κ1) is 16.3. The van der Waals surface area contributed by atoms with Gasteiger partial charge in [0.05, 0.1) is 6.54 Å². The highest BCUT2D eigenvalue weighted by Gasteiger charge is 2.16. The minimum atomic E-state index is 0. The fraction of sp³-hybridized carbons (Fsp3) is 0.533. The van der Waals surface area contributed by atoms with E-state index in [0.717, 1.165) is 19.0 Å². The van der Waals surface area contributed by atoms with Crippen molar-refractivity contribution in [2.24, 2.45) is 16.6 Å². The average Bonchev–Trinajstić information content (AvgIpc) is 2.38. The fourth-order valence-corrected chi connectivity index (χ4v) is 2.29. The van der Waals surface area contributed by atoms with Crippen molar-refractivity contribution in [1.29, 1.82) is 0 Å². The van der Waals surface area contributed by atoms with Crippen LogP contribution in [-0.2, 0) is 6.54 Å². The van der Waals surface area contributed by atoms with E-state index in [1.165, 1.54) is 24.0 Å². The molecule has 1 fully saturated rings. The van der Waals surface area contributed by atoms with Gasteiger partial charge >= 0.3 is 0 Å². The van der Waals surface area contributed by atoms with Crippen LogP contribution in [0.2, 0.25) is 0 Å². The summed E-state index contributed by atoms with van der Waals surface area (Å²) < 4.78 is 0. The third-order valence-electron chi connectivity index (χ3n) is 3.78. The van der Waals surface area contributed by atoms with Gasteiger partial charge in [-0.15, -0.1) is 24.0 Å². The van der Waals surface area contributed by atoms with Crippen molar-refractivity contribution in [3.05, 3.63) is 35.4 Å². The Balaban J connectivity index is 0.00000180. The minimum absolute atomic E-state index is 0. The van der Waals surface area contributed by atoms with E-state index in [0.29, 0.717) is 12.5 Å². The number of nitrogens with two attached hydrogens (primary N) is 1. The number of rotatable bonds is 2. The van der Waals surface area contributed by atoms with Crippen molar-refractivity contribution in [3.8, 4) is 0 Å². The van der Waals surface area contributed by atoms with Crippen LogP contribution >= 0.6 is 24.0 Å². The van der Waals surface area contributed by atoms with Gasteiger partial charge in [0.2, 0.25) is 0 Å². The number of benzene rings is 1. The van der Waals surface area contributed by atoms with Crippen LogP contribution in [0.15, 0.2) is 29.3 Å². The highest BCUT2D eigenvalue weighted by Crippen LogP contribution is 2.16. The smallest absolute Gasteiger partial charge is 0.191 e.